The van der Waals surface area contributed by atoms with Gasteiger partial charge in [0.2, 0.25) is 0 Å². The lowest BCUT2D eigenvalue weighted by molar-refractivity contribution is 0.0600. The third-order valence-corrected chi connectivity index (χ3v) is 3.89. The molecule has 0 atom stereocenters. The van der Waals surface area contributed by atoms with Crippen LogP contribution >= 0.6 is 0 Å². The predicted molar refractivity (Wildman–Crippen MR) is 63.4 cm³/mol. The molecule has 0 fully saturated rings. The molecule has 17 heavy (non-hydrogen) atoms. The number of pyridine rings is 1. The molecule has 0 saturated carbocycles. The van der Waals surface area contributed by atoms with E-state index in [2.05, 4.69) is 9.72 Å². The second kappa shape index (κ2) is 5.77. The zero-order chi connectivity index (χ0) is 12.9. The SMILES string of the molecule is CCCS(=O)(=O)Cc1ccc(C(=O)OC)cn1. The van der Waals surface area contributed by atoms with Crippen molar-refractivity contribution in [1.82, 2.24) is 4.98 Å². The first kappa shape index (κ1) is 13.6. The zero-order valence-electron chi connectivity index (χ0n) is 9.84. The van der Waals surface area contributed by atoms with Crippen molar-refractivity contribution in [2.24, 2.45) is 0 Å². The number of nitrogens with zero attached hydrogens (tertiary/aromatic N) is 1. The van der Waals surface area contributed by atoms with Crippen LogP contribution in [-0.2, 0) is 20.3 Å². The fourth-order valence-corrected chi connectivity index (χ4v) is 2.74. The molecule has 0 bridgehead atoms. The van der Waals surface area contributed by atoms with Crippen LogP contribution in [0.5, 0.6) is 0 Å². The van der Waals surface area contributed by atoms with Crippen molar-refractivity contribution in [2.75, 3.05) is 12.9 Å². The monoisotopic (exact) mass is 257 g/mol. The van der Waals surface area contributed by atoms with E-state index in [1.54, 1.807) is 0 Å². The Bertz CT molecular complexity index is 479. The van der Waals surface area contributed by atoms with E-state index in [0.717, 1.165) is 0 Å². The van der Waals surface area contributed by atoms with Crippen molar-refractivity contribution in [3.63, 3.8) is 0 Å². The van der Waals surface area contributed by atoms with E-state index in [9.17, 15) is 13.2 Å². The van der Waals surface area contributed by atoms with E-state index < -0.39 is 15.8 Å². The highest BCUT2D eigenvalue weighted by Crippen LogP contribution is 2.07. The first-order chi connectivity index (χ1) is 7.98. The van der Waals surface area contributed by atoms with Gasteiger partial charge in [-0.3, -0.25) is 4.98 Å². The summed E-state index contributed by atoms with van der Waals surface area (Å²) in [4.78, 5) is 15.1. The van der Waals surface area contributed by atoms with Crippen LogP contribution in [0.2, 0.25) is 0 Å². The first-order valence-electron chi connectivity index (χ1n) is 5.22. The highest BCUT2D eigenvalue weighted by Gasteiger charge is 2.12. The third-order valence-electron chi connectivity index (χ3n) is 2.13. The van der Waals surface area contributed by atoms with E-state index >= 15 is 0 Å². The number of sulfone groups is 1. The van der Waals surface area contributed by atoms with Crippen molar-refractivity contribution >= 4 is 15.8 Å². The molecule has 0 N–H and O–H groups in total. The zero-order valence-corrected chi connectivity index (χ0v) is 10.7. The van der Waals surface area contributed by atoms with Crippen molar-refractivity contribution in [3.8, 4) is 0 Å². The predicted octanol–water partition coefficient (Wildman–Crippen LogP) is 1.19. The van der Waals surface area contributed by atoms with E-state index in [1.807, 2.05) is 6.92 Å². The first-order valence-corrected chi connectivity index (χ1v) is 7.04. The maximum atomic E-state index is 11.5. The van der Waals surface area contributed by atoms with Gasteiger partial charge < -0.3 is 4.74 Å². The van der Waals surface area contributed by atoms with Gasteiger partial charge in [-0.1, -0.05) is 6.92 Å². The van der Waals surface area contributed by atoms with Crippen molar-refractivity contribution < 1.29 is 17.9 Å². The third kappa shape index (κ3) is 4.14. The highest BCUT2D eigenvalue weighted by atomic mass is 32.2. The molecule has 0 saturated heterocycles. The highest BCUT2D eigenvalue weighted by molar-refractivity contribution is 7.90. The van der Waals surface area contributed by atoms with Crippen molar-refractivity contribution in [3.05, 3.63) is 29.6 Å². The summed E-state index contributed by atoms with van der Waals surface area (Å²) >= 11 is 0. The van der Waals surface area contributed by atoms with Crippen LogP contribution in [0.3, 0.4) is 0 Å². The summed E-state index contributed by atoms with van der Waals surface area (Å²) in [5, 5.41) is 0. The smallest absolute Gasteiger partial charge is 0.339 e. The van der Waals surface area contributed by atoms with Crippen molar-refractivity contribution in [2.45, 2.75) is 19.1 Å². The molecule has 0 aliphatic carbocycles. The van der Waals surface area contributed by atoms with Gasteiger partial charge in [0.15, 0.2) is 9.84 Å². The minimum atomic E-state index is -3.10. The number of rotatable bonds is 5. The van der Waals surface area contributed by atoms with Gasteiger partial charge in [-0.25, -0.2) is 13.2 Å². The Balaban J connectivity index is 2.79. The molecule has 0 aromatic carbocycles. The number of hydrogen-bond donors (Lipinski definition) is 0. The molecule has 0 amide bonds. The maximum Gasteiger partial charge on any atom is 0.339 e. The molecule has 6 heteroatoms. The van der Waals surface area contributed by atoms with Gasteiger partial charge in [0, 0.05) is 6.20 Å². The van der Waals surface area contributed by atoms with E-state index in [1.165, 1.54) is 25.4 Å². The Kier molecular flexibility index (Phi) is 4.62. The van der Waals surface area contributed by atoms with Crippen LogP contribution in [0.1, 0.15) is 29.4 Å². The standard InChI is InChI=1S/C11H15NO4S/c1-3-6-17(14,15)8-10-5-4-9(7-12-10)11(13)16-2/h4-5,7H,3,6,8H2,1-2H3. The van der Waals surface area contributed by atoms with E-state index in [0.29, 0.717) is 17.7 Å². The fourth-order valence-electron chi connectivity index (χ4n) is 1.36. The fraction of sp³-hybridized carbons (Fsp3) is 0.455. The van der Waals surface area contributed by atoms with Gasteiger partial charge in [-0.15, -0.1) is 0 Å². The van der Waals surface area contributed by atoms with E-state index in [-0.39, 0.29) is 11.5 Å². The number of methoxy groups -OCH3 is 1. The molecule has 1 aromatic rings. The lowest BCUT2D eigenvalue weighted by Crippen LogP contribution is -2.10. The summed E-state index contributed by atoms with van der Waals surface area (Å²) in [5.41, 5.74) is 0.746. The van der Waals surface area contributed by atoms with Crippen LogP contribution < -0.4 is 0 Å². The quantitative estimate of drug-likeness (QED) is 0.741. The molecular weight excluding hydrogens is 242 g/mol. The number of hydrogen-bond acceptors (Lipinski definition) is 5. The Hall–Kier alpha value is -1.43. The molecule has 0 aliphatic rings. The minimum Gasteiger partial charge on any atom is -0.465 e. The molecule has 0 radical (unpaired) electrons. The molecule has 5 nitrogen and oxygen atoms in total. The topological polar surface area (TPSA) is 73.3 Å². The summed E-state index contributed by atoms with van der Waals surface area (Å²) < 4.78 is 27.6. The largest absolute Gasteiger partial charge is 0.465 e. The summed E-state index contributed by atoms with van der Waals surface area (Å²) in [6.45, 7) is 1.81. The Labute approximate surface area is 101 Å². The number of ether oxygens (including phenoxy) is 1. The number of carbonyl (C=O) groups excluding carboxylic acids is 1. The summed E-state index contributed by atoms with van der Waals surface area (Å²) in [6, 6.07) is 3.04. The molecule has 0 unspecified atom stereocenters. The molecule has 1 aromatic heterocycles. The molecule has 1 heterocycles. The molecular formula is C11H15NO4S. The second-order valence-electron chi connectivity index (χ2n) is 3.62. The summed E-state index contributed by atoms with van der Waals surface area (Å²) in [7, 11) is -1.82. The summed E-state index contributed by atoms with van der Waals surface area (Å²) in [6.07, 6.45) is 1.91. The lowest BCUT2D eigenvalue weighted by atomic mass is 10.2. The summed E-state index contributed by atoms with van der Waals surface area (Å²) in [5.74, 6) is -0.434. The van der Waals surface area contributed by atoms with Gasteiger partial charge in [0.05, 0.1) is 29.9 Å². The van der Waals surface area contributed by atoms with Gasteiger partial charge in [0.1, 0.15) is 0 Å². The van der Waals surface area contributed by atoms with Crippen LogP contribution in [0.25, 0.3) is 0 Å². The van der Waals surface area contributed by atoms with Crippen LogP contribution in [0.4, 0.5) is 0 Å². The Morgan fingerprint density at radius 1 is 1.41 bits per heavy atom. The maximum absolute atomic E-state index is 11.5. The Morgan fingerprint density at radius 2 is 2.12 bits per heavy atom. The van der Waals surface area contributed by atoms with Crippen LogP contribution in [0, 0.1) is 0 Å². The number of esters is 1. The van der Waals surface area contributed by atoms with Crippen molar-refractivity contribution in [1.29, 1.82) is 0 Å². The van der Waals surface area contributed by atoms with E-state index in [4.69, 9.17) is 0 Å². The molecule has 94 valence electrons. The lowest BCUT2D eigenvalue weighted by Gasteiger charge is -2.03. The average molecular weight is 257 g/mol. The molecule has 0 spiro atoms. The minimum absolute atomic E-state index is 0.0949. The van der Waals surface area contributed by atoms with Crippen LogP contribution in [0.15, 0.2) is 18.3 Å². The van der Waals surface area contributed by atoms with Crippen LogP contribution in [-0.4, -0.2) is 32.2 Å². The van der Waals surface area contributed by atoms with Gasteiger partial charge in [-0.2, -0.15) is 0 Å². The van der Waals surface area contributed by atoms with Gasteiger partial charge in [0.25, 0.3) is 0 Å². The molecule has 1 rings (SSSR count). The number of carbonyl (C=O) groups is 1. The van der Waals surface area contributed by atoms with Gasteiger partial charge in [-0.05, 0) is 18.6 Å². The Morgan fingerprint density at radius 3 is 2.59 bits per heavy atom. The normalized spacial score (nSPS) is 11.2. The second-order valence-corrected chi connectivity index (χ2v) is 5.81. The molecule has 0 aliphatic heterocycles. The van der Waals surface area contributed by atoms with Gasteiger partial charge >= 0.3 is 5.97 Å². The average Bonchev–Trinajstić information content (AvgIpc) is 2.28. The number of aromatic nitrogens is 1.